The maximum Gasteiger partial charge on any atom is 0.286 e. The largest absolute Gasteiger partial charge is 0.379 e. The van der Waals surface area contributed by atoms with Crippen molar-refractivity contribution in [3.63, 3.8) is 0 Å². The van der Waals surface area contributed by atoms with Gasteiger partial charge < -0.3 is 10.5 Å². The van der Waals surface area contributed by atoms with Gasteiger partial charge in [0.25, 0.3) is 5.70 Å². The summed E-state index contributed by atoms with van der Waals surface area (Å²) in [5.41, 5.74) is 5.37. The minimum atomic E-state index is -0.474. The Kier molecular flexibility index (Phi) is 4.44. The molecule has 3 N–H and O–H groups in total. The molecule has 0 aliphatic heterocycles. The van der Waals surface area contributed by atoms with E-state index in [2.05, 4.69) is 4.72 Å². The molecule has 6 heteroatoms. The van der Waals surface area contributed by atoms with Crippen LogP contribution in [-0.2, 0) is 0 Å². The number of hydrogen-bond acceptors (Lipinski definition) is 5. The Morgan fingerprint density at radius 3 is 2.64 bits per heavy atom. The third-order valence-electron chi connectivity index (χ3n) is 1.08. The fourth-order valence-electron chi connectivity index (χ4n) is 0.587. The summed E-state index contributed by atoms with van der Waals surface area (Å²) in [5, 5.41) is 10.3. The molecule has 0 saturated heterocycles. The van der Waals surface area contributed by atoms with Crippen molar-refractivity contribution in [1.29, 1.82) is 0 Å². The molecule has 0 amide bonds. The molecule has 5 nitrogen and oxygen atoms in total. The molecule has 0 atom stereocenters. The van der Waals surface area contributed by atoms with Crippen LogP contribution in [0.4, 0.5) is 0 Å². The highest BCUT2D eigenvalue weighted by Gasteiger charge is 2.12. The number of nitrogens with two attached hydrogens (primary N) is 1. The van der Waals surface area contributed by atoms with Crippen LogP contribution in [0.1, 0.15) is 13.3 Å². The molecule has 0 aromatic rings. The molecule has 0 unspecified atom stereocenters. The van der Waals surface area contributed by atoms with E-state index in [9.17, 15) is 10.1 Å². The molecule has 0 saturated carbocycles. The lowest BCUT2D eigenvalue weighted by Gasteiger charge is -2.01. The number of hydrogen-bond donors (Lipinski definition) is 2. The van der Waals surface area contributed by atoms with Crippen LogP contribution < -0.4 is 10.5 Å². The summed E-state index contributed by atoms with van der Waals surface area (Å²) in [4.78, 5) is 9.79. The van der Waals surface area contributed by atoms with Gasteiger partial charge in [-0.3, -0.25) is 10.1 Å². The van der Waals surface area contributed by atoms with Crippen molar-refractivity contribution in [1.82, 2.24) is 4.72 Å². The fourth-order valence-corrected chi connectivity index (χ4v) is 0.924. The monoisotopic (exact) mass is 177 g/mol. The van der Waals surface area contributed by atoms with Crippen LogP contribution in [0.5, 0.6) is 0 Å². The predicted molar refractivity (Wildman–Crippen MR) is 45.1 cm³/mol. The number of nitrogens with one attached hydrogen (secondary N) is 1. The van der Waals surface area contributed by atoms with Crippen LogP contribution in [0.15, 0.2) is 11.5 Å². The van der Waals surface area contributed by atoms with Gasteiger partial charge in [-0.2, -0.15) is 0 Å². The summed E-state index contributed by atoms with van der Waals surface area (Å²) < 4.78 is 2.61. The quantitative estimate of drug-likeness (QED) is 0.374. The molecule has 0 aliphatic rings. The number of nitro groups is 1. The summed E-state index contributed by atoms with van der Waals surface area (Å²) in [5.74, 6) is 0.130. The molecule has 0 fully saturated rings. The Balaban J connectivity index is 4.40. The topological polar surface area (TPSA) is 81.2 Å². The lowest BCUT2D eigenvalue weighted by atomic mass is 10.3. The van der Waals surface area contributed by atoms with Gasteiger partial charge in [0.2, 0.25) is 0 Å². The lowest BCUT2D eigenvalue weighted by Crippen LogP contribution is -2.18. The van der Waals surface area contributed by atoms with Crippen molar-refractivity contribution in [2.24, 2.45) is 5.73 Å². The van der Waals surface area contributed by atoms with E-state index in [0.29, 0.717) is 6.42 Å². The number of rotatable bonds is 4. The smallest absolute Gasteiger partial charge is 0.286 e. The zero-order chi connectivity index (χ0) is 8.85. The fraction of sp³-hybridized carbons (Fsp3) is 0.600. The standard InChI is InChI=1S/C5H11N3O2S/c1-3-4(8(9)10)5(6)7-11-2/h7H,3,6H2,1-2H3. The van der Waals surface area contributed by atoms with E-state index in [4.69, 9.17) is 5.73 Å². The molecule has 0 bridgehead atoms. The zero-order valence-corrected chi connectivity index (χ0v) is 7.27. The Morgan fingerprint density at radius 1 is 1.82 bits per heavy atom. The van der Waals surface area contributed by atoms with Gasteiger partial charge in [-0.05, 0) is 0 Å². The molecule has 0 rings (SSSR count). The molecule has 0 aromatic heterocycles. The van der Waals surface area contributed by atoms with E-state index < -0.39 is 4.92 Å². The average molecular weight is 177 g/mol. The second-order valence-corrected chi connectivity index (χ2v) is 2.39. The Bertz CT molecular complexity index is 181. The zero-order valence-electron chi connectivity index (χ0n) is 6.46. The highest BCUT2D eigenvalue weighted by Crippen LogP contribution is 2.04. The summed E-state index contributed by atoms with van der Waals surface area (Å²) in [6, 6.07) is 0. The summed E-state index contributed by atoms with van der Waals surface area (Å²) in [6.45, 7) is 1.69. The van der Waals surface area contributed by atoms with Crippen LogP contribution in [0, 0.1) is 10.1 Å². The highest BCUT2D eigenvalue weighted by atomic mass is 32.2. The third kappa shape index (κ3) is 3.13. The molecular formula is C5H11N3O2S. The van der Waals surface area contributed by atoms with Gasteiger partial charge in [0.05, 0.1) is 4.92 Å². The minimum Gasteiger partial charge on any atom is -0.379 e. The Labute approximate surface area is 69.3 Å². The maximum atomic E-state index is 10.3. The molecule has 0 radical (unpaired) electrons. The average Bonchev–Trinajstić information content (AvgIpc) is 1.88. The molecule has 0 spiro atoms. The molecule has 64 valence electrons. The van der Waals surface area contributed by atoms with Gasteiger partial charge in [0.15, 0.2) is 5.82 Å². The van der Waals surface area contributed by atoms with Crippen LogP contribution in [0.25, 0.3) is 0 Å². The van der Waals surface area contributed by atoms with E-state index in [1.54, 1.807) is 13.2 Å². The third-order valence-corrected chi connectivity index (χ3v) is 1.50. The second-order valence-electron chi connectivity index (χ2n) is 1.78. The molecule has 0 aliphatic carbocycles. The van der Waals surface area contributed by atoms with Crippen LogP contribution in [0.2, 0.25) is 0 Å². The van der Waals surface area contributed by atoms with Crippen molar-refractivity contribution in [2.75, 3.05) is 6.26 Å². The van der Waals surface area contributed by atoms with E-state index in [1.807, 2.05) is 0 Å². The van der Waals surface area contributed by atoms with E-state index in [0.717, 1.165) is 0 Å². The summed E-state index contributed by atoms with van der Waals surface area (Å²) in [6.07, 6.45) is 2.08. The molecular weight excluding hydrogens is 166 g/mol. The molecule has 0 heterocycles. The minimum absolute atomic E-state index is 0.0272. The van der Waals surface area contributed by atoms with E-state index in [1.165, 1.54) is 11.9 Å². The number of nitrogens with zero attached hydrogens (tertiary/aromatic N) is 1. The normalized spacial score (nSPS) is 12.2. The SMILES string of the molecule is CCC(=C(N)NSC)[N+](=O)[O-]. The van der Waals surface area contributed by atoms with Crippen molar-refractivity contribution in [3.05, 3.63) is 21.6 Å². The number of allylic oxidation sites excluding steroid dienone is 1. The highest BCUT2D eigenvalue weighted by molar-refractivity contribution is 7.96. The Hall–Kier alpha value is -0.910. The maximum absolute atomic E-state index is 10.3. The second kappa shape index (κ2) is 4.84. The molecule has 11 heavy (non-hydrogen) atoms. The van der Waals surface area contributed by atoms with Crippen molar-refractivity contribution in [2.45, 2.75) is 13.3 Å². The van der Waals surface area contributed by atoms with Gasteiger partial charge in [0, 0.05) is 12.7 Å². The van der Waals surface area contributed by atoms with Gasteiger partial charge >= 0.3 is 0 Å². The van der Waals surface area contributed by atoms with Gasteiger partial charge in [0.1, 0.15) is 0 Å². The molecule has 0 aromatic carbocycles. The van der Waals surface area contributed by atoms with E-state index in [-0.39, 0.29) is 11.5 Å². The first-order valence-electron chi connectivity index (χ1n) is 3.05. The van der Waals surface area contributed by atoms with E-state index >= 15 is 0 Å². The first-order chi connectivity index (χ1) is 5.13. The summed E-state index contributed by atoms with van der Waals surface area (Å²) in [7, 11) is 0. The predicted octanol–water partition coefficient (Wildman–Crippen LogP) is 0.669. The van der Waals surface area contributed by atoms with Crippen molar-refractivity contribution >= 4 is 11.9 Å². The van der Waals surface area contributed by atoms with Crippen LogP contribution >= 0.6 is 11.9 Å². The van der Waals surface area contributed by atoms with Crippen molar-refractivity contribution in [3.8, 4) is 0 Å². The Morgan fingerprint density at radius 2 is 2.36 bits per heavy atom. The first kappa shape index (κ1) is 10.1. The first-order valence-corrected chi connectivity index (χ1v) is 4.28. The van der Waals surface area contributed by atoms with Gasteiger partial charge in [-0.1, -0.05) is 18.9 Å². The van der Waals surface area contributed by atoms with Gasteiger partial charge in [-0.15, -0.1) is 0 Å². The van der Waals surface area contributed by atoms with Crippen LogP contribution in [0.3, 0.4) is 0 Å². The van der Waals surface area contributed by atoms with Gasteiger partial charge in [-0.25, -0.2) is 0 Å². The van der Waals surface area contributed by atoms with Crippen molar-refractivity contribution < 1.29 is 4.92 Å². The lowest BCUT2D eigenvalue weighted by molar-refractivity contribution is -0.429. The summed E-state index contributed by atoms with van der Waals surface area (Å²) >= 11 is 1.23. The van der Waals surface area contributed by atoms with Crippen LogP contribution in [-0.4, -0.2) is 11.2 Å².